The Bertz CT molecular complexity index is 1380. The maximum atomic E-state index is 12.8. The number of fused-ring (bicyclic) bond motifs is 1. The lowest BCUT2D eigenvalue weighted by molar-refractivity contribution is 0.485. The van der Waals surface area contributed by atoms with E-state index < -0.39 is 11.2 Å². The maximum Gasteiger partial charge on any atom is 0.332 e. The molecule has 0 aliphatic carbocycles. The molecule has 4 rings (SSSR count). The van der Waals surface area contributed by atoms with Crippen LogP contribution in [0.4, 0.5) is 0 Å². The van der Waals surface area contributed by atoms with Crippen LogP contribution >= 0.6 is 23.2 Å². The molecule has 3 heterocycles. The van der Waals surface area contributed by atoms with E-state index in [1.165, 1.54) is 11.6 Å². The third-order valence-electron chi connectivity index (χ3n) is 4.83. The molecule has 0 radical (unpaired) electrons. The zero-order valence-corrected chi connectivity index (χ0v) is 18.0. The van der Waals surface area contributed by atoms with Gasteiger partial charge in [0.05, 0.1) is 10.0 Å². The predicted octanol–water partition coefficient (Wildman–Crippen LogP) is 2.79. The minimum atomic E-state index is -0.431. The molecule has 0 saturated carbocycles. The Hall–Kier alpha value is -2.91. The summed E-state index contributed by atoms with van der Waals surface area (Å²) in [7, 11) is 3.03. The SMILES string of the molecule is CCCc1nc2c(c(=O)n(C)c(=O)n2C)n1Cc1nnc(-c2ccc(Cl)c(Cl)c2)o1. The lowest BCUT2D eigenvalue weighted by Crippen LogP contribution is -2.37. The van der Waals surface area contributed by atoms with Crippen LogP contribution in [0.2, 0.25) is 10.0 Å². The van der Waals surface area contributed by atoms with Crippen LogP contribution in [0, 0.1) is 0 Å². The van der Waals surface area contributed by atoms with Gasteiger partial charge in [-0.2, -0.15) is 0 Å². The van der Waals surface area contributed by atoms with Gasteiger partial charge in [-0.15, -0.1) is 10.2 Å². The lowest BCUT2D eigenvalue weighted by atomic mass is 10.2. The number of halogens is 2. The zero-order valence-electron chi connectivity index (χ0n) is 16.5. The van der Waals surface area contributed by atoms with Gasteiger partial charge in [0.1, 0.15) is 12.4 Å². The average molecular weight is 449 g/mol. The Morgan fingerprint density at radius 1 is 1.07 bits per heavy atom. The number of nitrogens with zero attached hydrogens (tertiary/aromatic N) is 6. The number of aryl methyl sites for hydroxylation is 2. The van der Waals surface area contributed by atoms with Crippen LogP contribution in [-0.2, 0) is 27.1 Å². The first-order valence-corrected chi connectivity index (χ1v) is 10.00. The average Bonchev–Trinajstić information content (AvgIpc) is 3.33. The molecular formula is C19H18Cl2N6O3. The second-order valence-electron chi connectivity index (χ2n) is 6.87. The Morgan fingerprint density at radius 2 is 1.83 bits per heavy atom. The van der Waals surface area contributed by atoms with E-state index in [1.54, 1.807) is 29.8 Å². The highest BCUT2D eigenvalue weighted by molar-refractivity contribution is 6.42. The largest absolute Gasteiger partial charge is 0.419 e. The van der Waals surface area contributed by atoms with Gasteiger partial charge in [0.2, 0.25) is 11.8 Å². The number of imidazole rings is 1. The number of rotatable bonds is 5. The van der Waals surface area contributed by atoms with Crippen LogP contribution in [-0.4, -0.2) is 28.9 Å². The molecule has 0 aliphatic heterocycles. The van der Waals surface area contributed by atoms with E-state index in [2.05, 4.69) is 15.2 Å². The van der Waals surface area contributed by atoms with Gasteiger partial charge in [0.15, 0.2) is 11.2 Å². The zero-order chi connectivity index (χ0) is 21.6. The number of benzene rings is 1. The predicted molar refractivity (Wildman–Crippen MR) is 113 cm³/mol. The summed E-state index contributed by atoms with van der Waals surface area (Å²) in [5, 5.41) is 8.98. The van der Waals surface area contributed by atoms with Crippen molar-refractivity contribution in [2.24, 2.45) is 14.1 Å². The molecular weight excluding hydrogens is 431 g/mol. The van der Waals surface area contributed by atoms with Crippen LogP contribution in [0.5, 0.6) is 0 Å². The second-order valence-corrected chi connectivity index (χ2v) is 7.69. The summed E-state index contributed by atoms with van der Waals surface area (Å²) in [5.74, 6) is 1.24. The van der Waals surface area contributed by atoms with Crippen LogP contribution in [0.25, 0.3) is 22.6 Å². The minimum Gasteiger partial charge on any atom is -0.419 e. The van der Waals surface area contributed by atoms with Crippen molar-refractivity contribution in [3.8, 4) is 11.5 Å². The van der Waals surface area contributed by atoms with Gasteiger partial charge in [0, 0.05) is 26.1 Å². The molecule has 0 unspecified atom stereocenters. The molecule has 11 heteroatoms. The topological polar surface area (TPSA) is 101 Å². The van der Waals surface area contributed by atoms with Crippen molar-refractivity contribution in [2.45, 2.75) is 26.3 Å². The van der Waals surface area contributed by atoms with Crippen LogP contribution in [0.3, 0.4) is 0 Å². The molecule has 0 fully saturated rings. The molecule has 30 heavy (non-hydrogen) atoms. The molecule has 156 valence electrons. The molecule has 9 nitrogen and oxygen atoms in total. The highest BCUT2D eigenvalue weighted by atomic mass is 35.5. The molecule has 0 amide bonds. The molecule has 0 saturated heterocycles. The molecule has 1 aromatic carbocycles. The van der Waals surface area contributed by atoms with Crippen molar-refractivity contribution < 1.29 is 4.42 Å². The Balaban J connectivity index is 1.81. The Morgan fingerprint density at radius 3 is 2.53 bits per heavy atom. The van der Waals surface area contributed by atoms with Gasteiger partial charge in [-0.05, 0) is 24.6 Å². The first-order chi connectivity index (χ1) is 14.3. The van der Waals surface area contributed by atoms with Gasteiger partial charge < -0.3 is 8.98 Å². The molecule has 0 atom stereocenters. The van der Waals surface area contributed by atoms with Gasteiger partial charge >= 0.3 is 5.69 Å². The maximum absolute atomic E-state index is 12.8. The summed E-state index contributed by atoms with van der Waals surface area (Å²) in [4.78, 5) is 29.6. The van der Waals surface area contributed by atoms with E-state index in [9.17, 15) is 9.59 Å². The number of aromatic nitrogens is 6. The van der Waals surface area contributed by atoms with Gasteiger partial charge in [-0.1, -0.05) is 30.1 Å². The molecule has 4 aromatic rings. The smallest absolute Gasteiger partial charge is 0.332 e. The highest BCUT2D eigenvalue weighted by Gasteiger charge is 2.20. The van der Waals surface area contributed by atoms with E-state index in [-0.39, 0.29) is 12.4 Å². The normalized spacial score (nSPS) is 11.5. The summed E-state index contributed by atoms with van der Waals surface area (Å²) in [6.07, 6.45) is 1.44. The van der Waals surface area contributed by atoms with Crippen LogP contribution in [0.15, 0.2) is 32.2 Å². The highest BCUT2D eigenvalue weighted by Crippen LogP contribution is 2.28. The first-order valence-electron chi connectivity index (χ1n) is 9.24. The third kappa shape index (κ3) is 3.33. The summed E-state index contributed by atoms with van der Waals surface area (Å²) >= 11 is 12.0. The molecule has 0 spiro atoms. The van der Waals surface area contributed by atoms with Crippen molar-refractivity contribution in [3.63, 3.8) is 0 Å². The van der Waals surface area contributed by atoms with Gasteiger partial charge in [-0.25, -0.2) is 9.78 Å². The molecule has 0 aliphatic rings. The lowest BCUT2D eigenvalue weighted by Gasteiger charge is -2.07. The molecule has 0 bridgehead atoms. The standard InChI is InChI=1S/C19H18Cl2N6O3/c1-4-5-13-22-16-15(18(28)26(3)19(29)25(16)2)27(13)9-14-23-24-17(30-14)10-6-7-11(20)12(21)8-10/h6-8H,4-5,9H2,1-3H3. The van der Waals surface area contributed by atoms with E-state index in [4.69, 9.17) is 27.6 Å². The van der Waals surface area contributed by atoms with E-state index in [0.29, 0.717) is 44.9 Å². The summed E-state index contributed by atoms with van der Waals surface area (Å²) < 4.78 is 9.95. The van der Waals surface area contributed by atoms with E-state index in [0.717, 1.165) is 11.0 Å². The fourth-order valence-electron chi connectivity index (χ4n) is 3.27. The number of hydrogen-bond acceptors (Lipinski definition) is 6. The van der Waals surface area contributed by atoms with Crippen LogP contribution in [0.1, 0.15) is 25.1 Å². The van der Waals surface area contributed by atoms with Crippen molar-refractivity contribution in [2.75, 3.05) is 0 Å². The Labute approximate surface area is 180 Å². The van der Waals surface area contributed by atoms with Gasteiger partial charge in [-0.3, -0.25) is 13.9 Å². The van der Waals surface area contributed by atoms with Gasteiger partial charge in [0.25, 0.3) is 5.56 Å². The summed E-state index contributed by atoms with van der Waals surface area (Å²) in [5.41, 5.74) is 0.422. The molecule has 0 N–H and O–H groups in total. The van der Waals surface area contributed by atoms with Crippen molar-refractivity contribution in [3.05, 3.63) is 60.8 Å². The van der Waals surface area contributed by atoms with Crippen molar-refractivity contribution in [1.29, 1.82) is 0 Å². The minimum absolute atomic E-state index is 0.146. The monoisotopic (exact) mass is 448 g/mol. The second kappa shape index (κ2) is 7.73. The fourth-order valence-corrected chi connectivity index (χ4v) is 3.57. The fraction of sp³-hybridized carbons (Fsp3) is 0.316. The third-order valence-corrected chi connectivity index (χ3v) is 5.57. The quantitative estimate of drug-likeness (QED) is 0.465. The van der Waals surface area contributed by atoms with E-state index >= 15 is 0 Å². The summed E-state index contributed by atoms with van der Waals surface area (Å²) in [6.45, 7) is 2.16. The van der Waals surface area contributed by atoms with Crippen molar-refractivity contribution in [1.82, 2.24) is 28.9 Å². The van der Waals surface area contributed by atoms with Crippen molar-refractivity contribution >= 4 is 34.4 Å². The van der Waals surface area contributed by atoms with Crippen LogP contribution < -0.4 is 11.2 Å². The molecule has 3 aromatic heterocycles. The van der Waals surface area contributed by atoms with E-state index in [1.807, 2.05) is 6.92 Å². The number of hydrogen-bond donors (Lipinski definition) is 0. The first kappa shape index (κ1) is 20.4. The Kier molecular flexibility index (Phi) is 5.25. The summed E-state index contributed by atoms with van der Waals surface area (Å²) in [6, 6.07) is 5.02.